The smallest absolute Gasteiger partial charge is 0.330 e. The predicted molar refractivity (Wildman–Crippen MR) is 61.3 cm³/mol. The molecule has 100 valence electrons. The van der Waals surface area contributed by atoms with E-state index >= 15 is 0 Å². The van der Waals surface area contributed by atoms with E-state index in [0.29, 0.717) is 24.3 Å². The number of rotatable bonds is 3. The molecule has 0 aromatic carbocycles. The molecule has 1 saturated carbocycles. The SMILES string of the molecule is NCC1CCCC1C(=O)c1cnc(C(F)(F)F)s1. The van der Waals surface area contributed by atoms with Gasteiger partial charge >= 0.3 is 6.18 Å². The Morgan fingerprint density at radius 3 is 2.78 bits per heavy atom. The largest absolute Gasteiger partial charge is 0.443 e. The zero-order valence-electron chi connectivity index (χ0n) is 9.54. The topological polar surface area (TPSA) is 56.0 Å². The van der Waals surface area contributed by atoms with Gasteiger partial charge in [0.15, 0.2) is 10.8 Å². The van der Waals surface area contributed by atoms with Crippen LogP contribution in [0.4, 0.5) is 13.2 Å². The highest BCUT2D eigenvalue weighted by molar-refractivity contribution is 7.13. The van der Waals surface area contributed by atoms with E-state index in [1.54, 1.807) is 0 Å². The Labute approximate surface area is 106 Å². The van der Waals surface area contributed by atoms with E-state index in [9.17, 15) is 18.0 Å². The van der Waals surface area contributed by atoms with Crippen LogP contribution in [0.2, 0.25) is 0 Å². The van der Waals surface area contributed by atoms with Crippen LogP contribution in [0.3, 0.4) is 0 Å². The Morgan fingerprint density at radius 2 is 2.22 bits per heavy atom. The molecule has 0 spiro atoms. The summed E-state index contributed by atoms with van der Waals surface area (Å²) in [5.41, 5.74) is 5.57. The van der Waals surface area contributed by atoms with Crippen LogP contribution < -0.4 is 5.73 Å². The van der Waals surface area contributed by atoms with Crippen molar-refractivity contribution in [2.24, 2.45) is 17.6 Å². The normalized spacial score (nSPS) is 24.4. The number of nitrogens with zero attached hydrogens (tertiary/aromatic N) is 1. The van der Waals surface area contributed by atoms with Gasteiger partial charge in [-0.2, -0.15) is 13.2 Å². The van der Waals surface area contributed by atoms with Crippen molar-refractivity contribution in [2.45, 2.75) is 25.4 Å². The van der Waals surface area contributed by atoms with Crippen LogP contribution in [0.25, 0.3) is 0 Å². The monoisotopic (exact) mass is 278 g/mol. The van der Waals surface area contributed by atoms with Crippen LogP contribution in [0.1, 0.15) is 33.9 Å². The zero-order valence-corrected chi connectivity index (χ0v) is 10.4. The fourth-order valence-electron chi connectivity index (χ4n) is 2.37. The lowest BCUT2D eigenvalue weighted by Gasteiger charge is -2.15. The molecular weight excluding hydrogens is 265 g/mol. The van der Waals surface area contributed by atoms with Gasteiger partial charge < -0.3 is 5.73 Å². The number of alkyl halides is 3. The molecule has 0 amide bonds. The van der Waals surface area contributed by atoms with Crippen LogP contribution in [-0.4, -0.2) is 17.3 Å². The summed E-state index contributed by atoms with van der Waals surface area (Å²) in [7, 11) is 0. The summed E-state index contributed by atoms with van der Waals surface area (Å²) in [6, 6.07) is 0. The summed E-state index contributed by atoms with van der Waals surface area (Å²) < 4.78 is 37.2. The van der Waals surface area contributed by atoms with Crippen molar-refractivity contribution >= 4 is 17.1 Å². The summed E-state index contributed by atoms with van der Waals surface area (Å²) in [6.45, 7) is 0.404. The van der Waals surface area contributed by atoms with Crippen LogP contribution in [0.15, 0.2) is 6.20 Å². The van der Waals surface area contributed by atoms with Crippen molar-refractivity contribution in [3.8, 4) is 0 Å². The van der Waals surface area contributed by atoms with Crippen molar-refractivity contribution in [1.82, 2.24) is 4.98 Å². The Kier molecular flexibility index (Phi) is 3.72. The number of nitrogens with two attached hydrogens (primary N) is 1. The quantitative estimate of drug-likeness (QED) is 0.865. The third-order valence-corrected chi connectivity index (χ3v) is 4.35. The second-order valence-electron chi connectivity index (χ2n) is 4.42. The third-order valence-electron chi connectivity index (χ3n) is 3.29. The van der Waals surface area contributed by atoms with Gasteiger partial charge in [-0.3, -0.25) is 4.79 Å². The molecule has 0 bridgehead atoms. The molecule has 1 fully saturated rings. The minimum Gasteiger partial charge on any atom is -0.330 e. The first-order valence-electron chi connectivity index (χ1n) is 5.70. The van der Waals surface area contributed by atoms with E-state index in [2.05, 4.69) is 4.98 Å². The number of hydrogen-bond acceptors (Lipinski definition) is 4. The molecule has 7 heteroatoms. The molecule has 2 N–H and O–H groups in total. The van der Waals surface area contributed by atoms with Crippen molar-refractivity contribution in [3.05, 3.63) is 16.1 Å². The van der Waals surface area contributed by atoms with Crippen molar-refractivity contribution in [3.63, 3.8) is 0 Å². The highest BCUT2D eigenvalue weighted by Crippen LogP contribution is 2.37. The summed E-state index contributed by atoms with van der Waals surface area (Å²) >= 11 is 0.421. The van der Waals surface area contributed by atoms with Crippen molar-refractivity contribution in [1.29, 1.82) is 0 Å². The number of hydrogen-bond donors (Lipinski definition) is 1. The molecule has 18 heavy (non-hydrogen) atoms. The molecule has 2 rings (SSSR count). The van der Waals surface area contributed by atoms with Gasteiger partial charge in [-0.15, -0.1) is 11.3 Å². The van der Waals surface area contributed by atoms with E-state index in [-0.39, 0.29) is 22.5 Å². The number of ketones is 1. The fraction of sp³-hybridized carbons (Fsp3) is 0.636. The summed E-state index contributed by atoms with van der Waals surface area (Å²) in [5, 5.41) is -0.965. The molecular formula is C11H13F3N2OS. The lowest BCUT2D eigenvalue weighted by Crippen LogP contribution is -2.24. The second kappa shape index (κ2) is 4.97. The number of carbonyl (C=O) groups is 1. The Hall–Kier alpha value is -0.950. The van der Waals surface area contributed by atoms with E-state index in [4.69, 9.17) is 5.73 Å². The van der Waals surface area contributed by atoms with Gasteiger partial charge in [-0.05, 0) is 25.3 Å². The van der Waals surface area contributed by atoms with E-state index in [1.807, 2.05) is 0 Å². The second-order valence-corrected chi connectivity index (χ2v) is 5.46. The summed E-state index contributed by atoms with van der Waals surface area (Å²) in [6.07, 6.45) is -0.963. The van der Waals surface area contributed by atoms with Gasteiger partial charge in [-0.25, -0.2) is 4.98 Å². The van der Waals surface area contributed by atoms with Crippen LogP contribution in [0.5, 0.6) is 0 Å². The molecule has 1 heterocycles. The molecule has 3 nitrogen and oxygen atoms in total. The molecule has 2 unspecified atom stereocenters. The van der Waals surface area contributed by atoms with Crippen molar-refractivity contribution < 1.29 is 18.0 Å². The number of aromatic nitrogens is 1. The third kappa shape index (κ3) is 2.56. The molecule has 0 aliphatic heterocycles. The average Bonchev–Trinajstić information content (AvgIpc) is 2.96. The van der Waals surface area contributed by atoms with Crippen LogP contribution >= 0.6 is 11.3 Å². The summed E-state index contributed by atoms with van der Waals surface area (Å²) in [4.78, 5) is 15.5. The maximum Gasteiger partial charge on any atom is 0.443 e. The number of halogens is 3. The number of carbonyl (C=O) groups excluding carboxylic acids is 1. The lowest BCUT2D eigenvalue weighted by molar-refractivity contribution is -0.137. The lowest BCUT2D eigenvalue weighted by atomic mass is 9.91. The first-order chi connectivity index (χ1) is 8.43. The van der Waals surface area contributed by atoms with Gasteiger partial charge in [0, 0.05) is 12.1 Å². The Morgan fingerprint density at radius 1 is 1.50 bits per heavy atom. The predicted octanol–water partition coefficient (Wildman–Crippen LogP) is 2.72. The van der Waals surface area contributed by atoms with E-state index in [0.717, 1.165) is 19.0 Å². The Bertz CT molecular complexity index is 444. The molecule has 1 aromatic rings. The Balaban J connectivity index is 2.16. The average molecular weight is 278 g/mol. The first kappa shape index (κ1) is 13.5. The van der Waals surface area contributed by atoms with Gasteiger partial charge in [0.2, 0.25) is 0 Å². The highest BCUT2D eigenvalue weighted by atomic mass is 32.1. The minimum atomic E-state index is -4.48. The van der Waals surface area contributed by atoms with E-state index in [1.165, 1.54) is 0 Å². The zero-order chi connectivity index (χ0) is 13.3. The molecule has 1 aliphatic rings. The van der Waals surface area contributed by atoms with Crippen molar-refractivity contribution in [2.75, 3.05) is 6.54 Å². The minimum absolute atomic E-state index is 0.0904. The number of Topliss-reactive ketones (excluding diaryl/α,β-unsaturated/α-hetero) is 1. The van der Waals surface area contributed by atoms with Gasteiger partial charge in [0.1, 0.15) is 0 Å². The first-order valence-corrected chi connectivity index (χ1v) is 6.52. The summed E-state index contributed by atoms with van der Waals surface area (Å²) in [5.74, 6) is -0.388. The molecule has 1 aromatic heterocycles. The maximum atomic E-state index is 12.4. The molecule has 2 atom stereocenters. The van der Waals surface area contributed by atoms with Gasteiger partial charge in [-0.1, -0.05) is 6.42 Å². The molecule has 1 aliphatic carbocycles. The fourth-order valence-corrected chi connectivity index (χ4v) is 3.15. The maximum absolute atomic E-state index is 12.4. The highest BCUT2D eigenvalue weighted by Gasteiger charge is 2.37. The standard InChI is InChI=1S/C11H13F3N2OS/c12-11(13,14)10-16-5-8(18-10)9(17)7-3-1-2-6(7)4-15/h5-7H,1-4,15H2. The van der Waals surface area contributed by atoms with Crippen LogP contribution in [0, 0.1) is 11.8 Å². The molecule has 0 radical (unpaired) electrons. The molecule has 0 saturated heterocycles. The number of thiazole rings is 1. The van der Waals surface area contributed by atoms with Gasteiger partial charge in [0.05, 0.1) is 4.88 Å². The van der Waals surface area contributed by atoms with E-state index < -0.39 is 11.2 Å². The van der Waals surface area contributed by atoms with Crippen LogP contribution in [-0.2, 0) is 6.18 Å². The van der Waals surface area contributed by atoms with Gasteiger partial charge in [0.25, 0.3) is 0 Å².